The molecule has 0 saturated carbocycles. The Bertz CT molecular complexity index is 314. The van der Waals surface area contributed by atoms with Crippen molar-refractivity contribution in [2.24, 2.45) is 11.8 Å². The van der Waals surface area contributed by atoms with Crippen LogP contribution in [0.3, 0.4) is 0 Å². The first-order chi connectivity index (χ1) is 6.74. The fraction of sp³-hybridized carbons (Fsp3) is 0.545. The van der Waals surface area contributed by atoms with Crippen LogP contribution in [-0.4, -0.2) is 19.7 Å². The number of methoxy groups -OCH3 is 1. The SMILES string of the molecule is COC(=O)C1=COCC2C(C)=CCC12. The Morgan fingerprint density at radius 1 is 1.57 bits per heavy atom. The van der Waals surface area contributed by atoms with Crippen LogP contribution in [0, 0.1) is 11.8 Å². The summed E-state index contributed by atoms with van der Waals surface area (Å²) in [4.78, 5) is 11.4. The molecular weight excluding hydrogens is 180 g/mol. The molecule has 0 aromatic heterocycles. The number of carbonyl (C=O) groups excluding carboxylic acids is 1. The van der Waals surface area contributed by atoms with E-state index in [9.17, 15) is 4.79 Å². The maximum absolute atomic E-state index is 11.4. The average Bonchev–Trinajstić information content (AvgIpc) is 2.59. The van der Waals surface area contributed by atoms with E-state index in [1.165, 1.54) is 12.7 Å². The molecular formula is C11H14O3. The van der Waals surface area contributed by atoms with Gasteiger partial charge in [0.15, 0.2) is 0 Å². The van der Waals surface area contributed by atoms with E-state index in [4.69, 9.17) is 9.47 Å². The first-order valence-electron chi connectivity index (χ1n) is 4.80. The summed E-state index contributed by atoms with van der Waals surface area (Å²) in [5, 5.41) is 0. The zero-order valence-corrected chi connectivity index (χ0v) is 8.45. The largest absolute Gasteiger partial charge is 0.500 e. The summed E-state index contributed by atoms with van der Waals surface area (Å²) in [6.07, 6.45) is 4.67. The summed E-state index contributed by atoms with van der Waals surface area (Å²) in [7, 11) is 1.40. The zero-order chi connectivity index (χ0) is 10.1. The Kier molecular flexibility index (Phi) is 2.32. The molecule has 2 rings (SSSR count). The Balaban J connectivity index is 2.21. The molecule has 2 aliphatic rings. The minimum atomic E-state index is -0.261. The average molecular weight is 194 g/mol. The molecule has 0 aromatic carbocycles. The number of carbonyl (C=O) groups is 1. The van der Waals surface area contributed by atoms with Crippen molar-refractivity contribution in [3.05, 3.63) is 23.5 Å². The van der Waals surface area contributed by atoms with Crippen LogP contribution in [0.5, 0.6) is 0 Å². The fourth-order valence-electron chi connectivity index (χ4n) is 2.18. The lowest BCUT2D eigenvalue weighted by Gasteiger charge is -2.26. The standard InChI is InChI=1S/C11H14O3/c1-7-3-4-8-9(7)5-14-6-10(8)11(12)13-2/h3,6,8-9H,4-5H2,1-2H3. The van der Waals surface area contributed by atoms with Gasteiger partial charge in [-0.25, -0.2) is 4.79 Å². The van der Waals surface area contributed by atoms with Crippen molar-refractivity contribution in [2.75, 3.05) is 13.7 Å². The van der Waals surface area contributed by atoms with Gasteiger partial charge in [0, 0.05) is 11.8 Å². The van der Waals surface area contributed by atoms with E-state index in [1.54, 1.807) is 6.26 Å². The van der Waals surface area contributed by atoms with Crippen LogP contribution in [0.1, 0.15) is 13.3 Å². The molecule has 76 valence electrons. The molecule has 1 aliphatic heterocycles. The van der Waals surface area contributed by atoms with Gasteiger partial charge in [-0.1, -0.05) is 11.6 Å². The van der Waals surface area contributed by atoms with Gasteiger partial charge >= 0.3 is 5.97 Å². The highest BCUT2D eigenvalue weighted by Gasteiger charge is 2.36. The van der Waals surface area contributed by atoms with E-state index in [-0.39, 0.29) is 11.9 Å². The molecule has 0 bridgehead atoms. The molecule has 0 spiro atoms. The van der Waals surface area contributed by atoms with Gasteiger partial charge in [0.05, 0.1) is 25.6 Å². The summed E-state index contributed by atoms with van der Waals surface area (Å²) >= 11 is 0. The normalized spacial score (nSPS) is 29.9. The van der Waals surface area contributed by atoms with Crippen molar-refractivity contribution >= 4 is 5.97 Å². The van der Waals surface area contributed by atoms with Crippen LogP contribution in [-0.2, 0) is 14.3 Å². The summed E-state index contributed by atoms with van der Waals surface area (Å²) < 4.78 is 10.0. The van der Waals surface area contributed by atoms with Crippen LogP contribution in [0.4, 0.5) is 0 Å². The number of hydrogen-bond donors (Lipinski definition) is 0. The minimum Gasteiger partial charge on any atom is -0.500 e. The first kappa shape index (κ1) is 9.31. The van der Waals surface area contributed by atoms with E-state index in [0.29, 0.717) is 18.1 Å². The van der Waals surface area contributed by atoms with Gasteiger partial charge in [0.25, 0.3) is 0 Å². The molecule has 2 unspecified atom stereocenters. The van der Waals surface area contributed by atoms with Gasteiger partial charge in [-0.3, -0.25) is 0 Å². The van der Waals surface area contributed by atoms with Gasteiger partial charge in [0.1, 0.15) is 0 Å². The van der Waals surface area contributed by atoms with Gasteiger partial charge in [-0.2, -0.15) is 0 Å². The third-order valence-corrected chi connectivity index (χ3v) is 3.07. The van der Waals surface area contributed by atoms with Crippen molar-refractivity contribution in [3.8, 4) is 0 Å². The highest BCUT2D eigenvalue weighted by Crippen LogP contribution is 2.39. The summed E-state index contributed by atoms with van der Waals surface area (Å²) in [5.41, 5.74) is 2.00. The molecule has 0 N–H and O–H groups in total. The number of ether oxygens (including phenoxy) is 2. The second-order valence-corrected chi connectivity index (χ2v) is 3.79. The predicted octanol–water partition coefficient (Wildman–Crippen LogP) is 1.66. The van der Waals surface area contributed by atoms with Crippen molar-refractivity contribution in [1.82, 2.24) is 0 Å². The molecule has 0 aromatic rings. The van der Waals surface area contributed by atoms with E-state index in [1.807, 2.05) is 0 Å². The highest BCUT2D eigenvalue weighted by molar-refractivity contribution is 5.89. The summed E-state index contributed by atoms with van der Waals surface area (Å²) in [6, 6.07) is 0. The molecule has 1 aliphatic carbocycles. The van der Waals surface area contributed by atoms with Crippen molar-refractivity contribution in [1.29, 1.82) is 0 Å². The maximum Gasteiger partial charge on any atom is 0.337 e. The van der Waals surface area contributed by atoms with Crippen molar-refractivity contribution in [2.45, 2.75) is 13.3 Å². The number of rotatable bonds is 1. The third-order valence-electron chi connectivity index (χ3n) is 3.07. The lowest BCUT2D eigenvalue weighted by molar-refractivity contribution is -0.137. The van der Waals surface area contributed by atoms with Crippen LogP contribution in [0.25, 0.3) is 0 Å². The van der Waals surface area contributed by atoms with Crippen LogP contribution in [0.15, 0.2) is 23.5 Å². The van der Waals surface area contributed by atoms with E-state index >= 15 is 0 Å². The van der Waals surface area contributed by atoms with E-state index in [0.717, 1.165) is 6.42 Å². The third kappa shape index (κ3) is 1.33. The minimum absolute atomic E-state index is 0.261. The second-order valence-electron chi connectivity index (χ2n) is 3.79. The van der Waals surface area contributed by atoms with E-state index < -0.39 is 0 Å². The first-order valence-corrected chi connectivity index (χ1v) is 4.80. The van der Waals surface area contributed by atoms with Gasteiger partial charge in [-0.05, 0) is 13.3 Å². The molecule has 0 fully saturated rings. The summed E-state index contributed by atoms with van der Waals surface area (Å²) in [6.45, 7) is 2.78. The molecule has 3 nitrogen and oxygen atoms in total. The molecule has 1 heterocycles. The van der Waals surface area contributed by atoms with Crippen LogP contribution < -0.4 is 0 Å². The molecule has 0 saturated heterocycles. The molecule has 2 atom stereocenters. The zero-order valence-electron chi connectivity index (χ0n) is 8.45. The van der Waals surface area contributed by atoms with Crippen LogP contribution in [0.2, 0.25) is 0 Å². The molecule has 0 radical (unpaired) electrons. The molecule has 0 amide bonds. The van der Waals surface area contributed by atoms with Gasteiger partial charge in [-0.15, -0.1) is 0 Å². The number of allylic oxidation sites excluding steroid dienone is 1. The maximum atomic E-state index is 11.4. The smallest absolute Gasteiger partial charge is 0.337 e. The lowest BCUT2D eigenvalue weighted by atomic mass is 9.85. The highest BCUT2D eigenvalue weighted by atomic mass is 16.5. The predicted molar refractivity (Wildman–Crippen MR) is 51.4 cm³/mol. The topological polar surface area (TPSA) is 35.5 Å². The Morgan fingerprint density at radius 3 is 3.07 bits per heavy atom. The van der Waals surface area contributed by atoms with Gasteiger partial charge < -0.3 is 9.47 Å². The quantitative estimate of drug-likeness (QED) is 0.470. The monoisotopic (exact) mass is 194 g/mol. The lowest BCUT2D eigenvalue weighted by Crippen LogP contribution is -2.26. The Hall–Kier alpha value is -1.25. The van der Waals surface area contributed by atoms with Crippen molar-refractivity contribution < 1.29 is 14.3 Å². The Morgan fingerprint density at radius 2 is 2.36 bits per heavy atom. The molecule has 3 heteroatoms. The molecule has 14 heavy (non-hydrogen) atoms. The fourth-order valence-corrected chi connectivity index (χ4v) is 2.18. The summed E-state index contributed by atoms with van der Waals surface area (Å²) in [5.74, 6) is 0.382. The number of fused-ring (bicyclic) bond motifs is 1. The van der Waals surface area contributed by atoms with Crippen LogP contribution >= 0.6 is 0 Å². The van der Waals surface area contributed by atoms with Gasteiger partial charge in [0.2, 0.25) is 0 Å². The second kappa shape index (κ2) is 3.48. The number of hydrogen-bond acceptors (Lipinski definition) is 3. The van der Waals surface area contributed by atoms with E-state index in [2.05, 4.69) is 13.0 Å². The Labute approximate surface area is 83.4 Å². The number of esters is 1. The van der Waals surface area contributed by atoms with Crippen molar-refractivity contribution in [3.63, 3.8) is 0 Å².